The molecule has 28 heavy (non-hydrogen) atoms. The Morgan fingerprint density at radius 3 is 2.93 bits per heavy atom. The van der Waals surface area contributed by atoms with E-state index < -0.39 is 0 Å². The summed E-state index contributed by atoms with van der Waals surface area (Å²) in [6.07, 6.45) is 1.52. The smallest absolute Gasteiger partial charge is 0.295 e. The molecule has 1 aliphatic heterocycles. The van der Waals surface area contributed by atoms with Gasteiger partial charge in [0.05, 0.1) is 49.4 Å². The number of hydrogen-bond acceptors (Lipinski definition) is 6. The third-order valence-electron chi connectivity index (χ3n) is 4.76. The van der Waals surface area contributed by atoms with E-state index in [1.807, 2.05) is 25.1 Å². The highest BCUT2D eigenvalue weighted by Gasteiger charge is 2.25. The van der Waals surface area contributed by atoms with Gasteiger partial charge in [-0.15, -0.1) is 0 Å². The molecule has 2 aromatic heterocycles. The number of hydrogen-bond donors (Lipinski definition) is 1. The Morgan fingerprint density at radius 2 is 2.18 bits per heavy atom. The highest BCUT2D eigenvalue weighted by Crippen LogP contribution is 2.32. The van der Waals surface area contributed by atoms with E-state index in [-0.39, 0.29) is 5.91 Å². The fraction of sp³-hybridized carbons (Fsp3) is 0.400. The van der Waals surface area contributed by atoms with E-state index in [0.717, 1.165) is 48.8 Å². The second kappa shape index (κ2) is 8.72. The van der Waals surface area contributed by atoms with Crippen molar-refractivity contribution in [2.24, 2.45) is 0 Å². The summed E-state index contributed by atoms with van der Waals surface area (Å²) in [4.78, 5) is 20.9. The van der Waals surface area contributed by atoms with Crippen molar-refractivity contribution in [2.75, 3.05) is 50.9 Å². The number of nitrogens with zero attached hydrogens (tertiary/aromatic N) is 2. The number of anilines is 1. The summed E-state index contributed by atoms with van der Waals surface area (Å²) in [5.74, 6) is 0.972. The van der Waals surface area contributed by atoms with Gasteiger partial charge >= 0.3 is 0 Å². The van der Waals surface area contributed by atoms with Crippen LogP contribution in [0.25, 0.3) is 10.2 Å². The molecule has 3 heterocycles. The van der Waals surface area contributed by atoms with Crippen molar-refractivity contribution in [3.05, 3.63) is 42.4 Å². The van der Waals surface area contributed by atoms with Gasteiger partial charge in [0.2, 0.25) is 0 Å². The van der Waals surface area contributed by atoms with Crippen LogP contribution in [-0.2, 0) is 4.74 Å². The Kier molecular flexibility index (Phi) is 5.90. The first-order valence-electron chi connectivity index (χ1n) is 9.54. The van der Waals surface area contributed by atoms with Crippen molar-refractivity contribution >= 4 is 32.6 Å². The predicted molar refractivity (Wildman–Crippen MR) is 108 cm³/mol. The zero-order valence-corrected chi connectivity index (χ0v) is 16.7. The van der Waals surface area contributed by atoms with Gasteiger partial charge in [-0.1, -0.05) is 11.3 Å². The maximum Gasteiger partial charge on any atom is 0.295 e. The van der Waals surface area contributed by atoms with Crippen LogP contribution >= 0.6 is 11.3 Å². The lowest BCUT2D eigenvalue weighted by molar-refractivity contribution is -0.906. The quantitative estimate of drug-likeness (QED) is 0.653. The number of quaternary nitrogens is 1. The first-order valence-corrected chi connectivity index (χ1v) is 10.4. The van der Waals surface area contributed by atoms with Crippen molar-refractivity contribution < 1.29 is 23.6 Å². The molecule has 8 heteroatoms. The number of nitrogens with one attached hydrogen (secondary N) is 1. The summed E-state index contributed by atoms with van der Waals surface area (Å²) in [6, 6.07) is 9.24. The van der Waals surface area contributed by atoms with Gasteiger partial charge in [-0.2, -0.15) is 0 Å². The van der Waals surface area contributed by atoms with Gasteiger partial charge in [0, 0.05) is 0 Å². The Balaban J connectivity index is 1.59. The minimum Gasteiger partial charge on any atom is -0.494 e. The Hall–Kier alpha value is -2.42. The molecule has 7 nitrogen and oxygen atoms in total. The molecule has 1 aromatic carbocycles. The van der Waals surface area contributed by atoms with E-state index >= 15 is 0 Å². The lowest BCUT2D eigenvalue weighted by atomic mass is 10.3. The van der Waals surface area contributed by atoms with Crippen molar-refractivity contribution in [1.82, 2.24) is 4.98 Å². The first kappa shape index (κ1) is 18.9. The van der Waals surface area contributed by atoms with Crippen LogP contribution in [-0.4, -0.2) is 56.9 Å². The number of benzene rings is 1. The number of fused-ring (bicyclic) bond motifs is 1. The predicted octanol–water partition coefficient (Wildman–Crippen LogP) is 1.85. The largest absolute Gasteiger partial charge is 0.494 e. The number of thiazole rings is 1. The van der Waals surface area contributed by atoms with Gasteiger partial charge in [-0.05, 0) is 37.3 Å². The fourth-order valence-electron chi connectivity index (χ4n) is 3.26. The standard InChI is InChI=1S/C20H23N3O4S/c1-2-26-15-5-6-16-18(14-15)28-20(21-16)23(19(24)17-4-3-11-27-17)8-7-22-9-12-25-13-10-22/h3-6,11,14H,2,7-10,12-13H2,1H3/p+1. The number of rotatable bonds is 7. The molecular formula is C20H24N3O4S+. The number of amides is 1. The van der Waals surface area contributed by atoms with Crippen LogP contribution in [0, 0.1) is 0 Å². The van der Waals surface area contributed by atoms with E-state index in [0.29, 0.717) is 24.0 Å². The zero-order valence-electron chi connectivity index (χ0n) is 15.8. The van der Waals surface area contributed by atoms with Gasteiger partial charge in [0.15, 0.2) is 10.9 Å². The van der Waals surface area contributed by atoms with E-state index in [1.165, 1.54) is 22.5 Å². The number of carbonyl (C=O) groups is 1. The van der Waals surface area contributed by atoms with E-state index in [4.69, 9.17) is 18.9 Å². The van der Waals surface area contributed by atoms with Crippen LogP contribution in [0.1, 0.15) is 17.5 Å². The van der Waals surface area contributed by atoms with Crippen LogP contribution in [0.2, 0.25) is 0 Å². The van der Waals surface area contributed by atoms with E-state index in [9.17, 15) is 4.79 Å². The maximum atomic E-state index is 13.1. The molecule has 0 saturated carbocycles. The minimum absolute atomic E-state index is 0.165. The van der Waals surface area contributed by atoms with Gasteiger partial charge in [-0.3, -0.25) is 9.69 Å². The highest BCUT2D eigenvalue weighted by atomic mass is 32.1. The molecule has 4 rings (SSSR count). The van der Waals surface area contributed by atoms with Gasteiger partial charge < -0.3 is 18.8 Å². The summed E-state index contributed by atoms with van der Waals surface area (Å²) in [7, 11) is 0. The first-order chi connectivity index (χ1) is 13.7. The summed E-state index contributed by atoms with van der Waals surface area (Å²) in [5.41, 5.74) is 0.861. The number of carbonyl (C=O) groups excluding carboxylic acids is 1. The average Bonchev–Trinajstić information content (AvgIpc) is 3.39. The van der Waals surface area contributed by atoms with Crippen LogP contribution in [0.5, 0.6) is 5.75 Å². The third-order valence-corrected chi connectivity index (χ3v) is 5.80. The molecule has 0 spiro atoms. The summed E-state index contributed by atoms with van der Waals surface area (Å²) in [5, 5.41) is 0.678. The molecule has 148 valence electrons. The van der Waals surface area contributed by atoms with Crippen molar-refractivity contribution in [3.8, 4) is 5.75 Å². The second-order valence-electron chi connectivity index (χ2n) is 6.61. The van der Waals surface area contributed by atoms with Crippen LogP contribution in [0.3, 0.4) is 0 Å². The topological polar surface area (TPSA) is 69.2 Å². The fourth-order valence-corrected chi connectivity index (χ4v) is 4.28. The molecule has 0 atom stereocenters. The highest BCUT2D eigenvalue weighted by molar-refractivity contribution is 7.22. The zero-order chi connectivity index (χ0) is 19.3. The number of aromatic nitrogens is 1. The normalized spacial score (nSPS) is 15.0. The molecular weight excluding hydrogens is 378 g/mol. The Labute approximate surface area is 167 Å². The summed E-state index contributed by atoms with van der Waals surface area (Å²) >= 11 is 1.50. The lowest BCUT2D eigenvalue weighted by Crippen LogP contribution is -3.14. The van der Waals surface area contributed by atoms with Gasteiger partial charge in [-0.25, -0.2) is 4.98 Å². The molecule has 0 radical (unpaired) electrons. The van der Waals surface area contributed by atoms with Gasteiger partial charge in [0.25, 0.3) is 5.91 Å². The number of ether oxygens (including phenoxy) is 2. The SMILES string of the molecule is CCOc1ccc2nc(N(CC[NH+]3CCOCC3)C(=O)c3ccco3)sc2c1. The Morgan fingerprint density at radius 1 is 1.32 bits per heavy atom. The number of morpholine rings is 1. The molecule has 0 aliphatic carbocycles. The molecule has 0 unspecified atom stereocenters. The summed E-state index contributed by atoms with van der Waals surface area (Å²) < 4.78 is 17.4. The van der Waals surface area contributed by atoms with Crippen LogP contribution in [0.15, 0.2) is 41.0 Å². The van der Waals surface area contributed by atoms with Crippen molar-refractivity contribution in [2.45, 2.75) is 6.92 Å². The van der Waals surface area contributed by atoms with Crippen molar-refractivity contribution in [3.63, 3.8) is 0 Å². The van der Waals surface area contributed by atoms with E-state index in [1.54, 1.807) is 17.0 Å². The van der Waals surface area contributed by atoms with Crippen molar-refractivity contribution in [1.29, 1.82) is 0 Å². The monoisotopic (exact) mass is 402 g/mol. The molecule has 1 amide bonds. The number of furan rings is 1. The van der Waals surface area contributed by atoms with Crippen LogP contribution in [0.4, 0.5) is 5.13 Å². The maximum absolute atomic E-state index is 13.1. The third kappa shape index (κ3) is 4.19. The average molecular weight is 402 g/mol. The molecule has 1 N–H and O–H groups in total. The van der Waals surface area contributed by atoms with E-state index in [2.05, 4.69) is 0 Å². The molecule has 3 aromatic rings. The van der Waals surface area contributed by atoms with Gasteiger partial charge in [0.1, 0.15) is 18.8 Å². The lowest BCUT2D eigenvalue weighted by Gasteiger charge is -2.26. The van der Waals surface area contributed by atoms with Crippen LogP contribution < -0.4 is 14.5 Å². The Bertz CT molecular complexity index is 919. The second-order valence-corrected chi connectivity index (χ2v) is 7.61. The summed E-state index contributed by atoms with van der Waals surface area (Å²) in [6.45, 7) is 7.44. The molecule has 1 saturated heterocycles. The molecule has 1 fully saturated rings. The minimum atomic E-state index is -0.165. The molecule has 0 bridgehead atoms. The molecule has 1 aliphatic rings.